The summed E-state index contributed by atoms with van der Waals surface area (Å²) in [6.07, 6.45) is 7.35. The number of hydrogen-bond donors (Lipinski definition) is 2. The van der Waals surface area contributed by atoms with Gasteiger partial charge in [-0.1, -0.05) is 6.92 Å². The number of rotatable bonds is 3. The van der Waals surface area contributed by atoms with Gasteiger partial charge in [0, 0.05) is 19.3 Å². The van der Waals surface area contributed by atoms with Gasteiger partial charge in [-0.3, -0.25) is 0 Å². The SMILES string of the molecule is CCC(N)[C@]1(C2CCOCC2)CC[C@H](O)CC1. The molecule has 0 aromatic rings. The molecule has 100 valence electrons. The van der Waals surface area contributed by atoms with Crippen LogP contribution in [0.2, 0.25) is 0 Å². The molecule has 2 aliphatic rings. The Bertz CT molecular complexity index is 230. The summed E-state index contributed by atoms with van der Waals surface area (Å²) in [7, 11) is 0. The zero-order chi connectivity index (χ0) is 12.3. The first-order valence-corrected chi connectivity index (χ1v) is 7.20. The highest BCUT2D eigenvalue weighted by molar-refractivity contribution is 4.98. The molecule has 1 atom stereocenters. The predicted molar refractivity (Wildman–Crippen MR) is 68.7 cm³/mol. The normalized spacial score (nSPS) is 37.9. The van der Waals surface area contributed by atoms with Crippen LogP contribution in [-0.4, -0.2) is 30.5 Å². The lowest BCUT2D eigenvalue weighted by Gasteiger charge is -2.49. The molecule has 1 aliphatic carbocycles. The summed E-state index contributed by atoms with van der Waals surface area (Å²) in [5.41, 5.74) is 6.71. The Morgan fingerprint density at radius 2 is 1.82 bits per heavy atom. The van der Waals surface area contributed by atoms with E-state index in [2.05, 4.69) is 6.92 Å². The van der Waals surface area contributed by atoms with E-state index in [1.165, 1.54) is 0 Å². The van der Waals surface area contributed by atoms with Gasteiger partial charge in [0.25, 0.3) is 0 Å². The summed E-state index contributed by atoms with van der Waals surface area (Å²) in [5.74, 6) is 0.707. The quantitative estimate of drug-likeness (QED) is 0.795. The molecule has 17 heavy (non-hydrogen) atoms. The van der Waals surface area contributed by atoms with Crippen LogP contribution < -0.4 is 5.73 Å². The van der Waals surface area contributed by atoms with Crippen LogP contribution in [0.25, 0.3) is 0 Å². The van der Waals surface area contributed by atoms with E-state index in [0.717, 1.165) is 58.2 Å². The van der Waals surface area contributed by atoms with Gasteiger partial charge < -0.3 is 15.6 Å². The molecule has 3 N–H and O–H groups in total. The molecule has 0 amide bonds. The number of hydrogen-bond acceptors (Lipinski definition) is 3. The molecule has 3 heteroatoms. The highest BCUT2D eigenvalue weighted by Crippen LogP contribution is 2.49. The molecule has 2 rings (SSSR count). The van der Waals surface area contributed by atoms with E-state index >= 15 is 0 Å². The van der Waals surface area contributed by atoms with Crippen molar-refractivity contribution in [2.45, 2.75) is 64.0 Å². The van der Waals surface area contributed by atoms with Crippen LogP contribution in [-0.2, 0) is 4.74 Å². The summed E-state index contributed by atoms with van der Waals surface area (Å²) in [6.45, 7) is 3.98. The molecule has 2 fully saturated rings. The van der Waals surface area contributed by atoms with Crippen LogP contribution in [0.3, 0.4) is 0 Å². The smallest absolute Gasteiger partial charge is 0.0540 e. The first kappa shape index (κ1) is 13.3. The molecule has 0 spiro atoms. The number of nitrogens with two attached hydrogens (primary N) is 1. The Morgan fingerprint density at radius 1 is 1.24 bits per heavy atom. The number of aliphatic hydroxyl groups excluding tert-OH is 1. The minimum absolute atomic E-state index is 0.0907. The zero-order valence-corrected chi connectivity index (χ0v) is 11.0. The van der Waals surface area contributed by atoms with Crippen molar-refractivity contribution >= 4 is 0 Å². The third-order valence-corrected chi connectivity index (χ3v) is 5.10. The Labute approximate surface area is 105 Å². The van der Waals surface area contributed by atoms with Crippen molar-refractivity contribution in [3.05, 3.63) is 0 Å². The molecule has 0 radical (unpaired) electrons. The molecule has 1 aliphatic heterocycles. The van der Waals surface area contributed by atoms with Crippen molar-refractivity contribution in [3.8, 4) is 0 Å². The van der Waals surface area contributed by atoms with E-state index in [9.17, 15) is 5.11 Å². The molecule has 1 unspecified atom stereocenters. The van der Waals surface area contributed by atoms with Gasteiger partial charge in [0.2, 0.25) is 0 Å². The third-order valence-electron chi connectivity index (χ3n) is 5.10. The molecule has 1 saturated carbocycles. The Kier molecular flexibility index (Phi) is 4.45. The van der Waals surface area contributed by atoms with E-state index < -0.39 is 0 Å². The number of aliphatic hydroxyl groups is 1. The van der Waals surface area contributed by atoms with Gasteiger partial charge in [-0.2, -0.15) is 0 Å². The van der Waals surface area contributed by atoms with Gasteiger partial charge in [-0.05, 0) is 56.3 Å². The van der Waals surface area contributed by atoms with Crippen LogP contribution in [0.1, 0.15) is 51.9 Å². The van der Waals surface area contributed by atoms with E-state index in [0.29, 0.717) is 5.92 Å². The van der Waals surface area contributed by atoms with Crippen molar-refractivity contribution in [2.24, 2.45) is 17.1 Å². The van der Waals surface area contributed by atoms with E-state index in [1.54, 1.807) is 0 Å². The fraction of sp³-hybridized carbons (Fsp3) is 1.00. The minimum atomic E-state index is -0.0907. The van der Waals surface area contributed by atoms with Crippen molar-refractivity contribution in [2.75, 3.05) is 13.2 Å². The Hall–Kier alpha value is -0.120. The molecule has 1 heterocycles. The van der Waals surface area contributed by atoms with E-state index in [1.807, 2.05) is 0 Å². The fourth-order valence-electron chi connectivity index (χ4n) is 3.90. The summed E-state index contributed by atoms with van der Waals surface area (Å²) >= 11 is 0. The fourth-order valence-corrected chi connectivity index (χ4v) is 3.90. The van der Waals surface area contributed by atoms with E-state index in [-0.39, 0.29) is 17.6 Å². The third kappa shape index (κ3) is 2.67. The second-order valence-electron chi connectivity index (χ2n) is 5.87. The molecular weight excluding hydrogens is 214 g/mol. The van der Waals surface area contributed by atoms with Gasteiger partial charge in [0.1, 0.15) is 0 Å². The van der Waals surface area contributed by atoms with Crippen LogP contribution >= 0.6 is 0 Å². The first-order valence-electron chi connectivity index (χ1n) is 7.20. The van der Waals surface area contributed by atoms with Gasteiger partial charge in [0.05, 0.1) is 6.10 Å². The van der Waals surface area contributed by atoms with Crippen LogP contribution in [0.5, 0.6) is 0 Å². The summed E-state index contributed by atoms with van der Waals surface area (Å²) in [4.78, 5) is 0. The summed E-state index contributed by atoms with van der Waals surface area (Å²) in [6, 6.07) is 0.290. The monoisotopic (exact) mass is 241 g/mol. The standard InChI is InChI=1S/C14H27NO2/c1-2-13(15)14(7-3-12(16)4-8-14)11-5-9-17-10-6-11/h11-13,16H,2-10,15H2,1H3/t12-,13?,14+. The minimum Gasteiger partial charge on any atom is -0.393 e. The molecular formula is C14H27NO2. The molecule has 0 bridgehead atoms. The highest BCUT2D eigenvalue weighted by Gasteiger charge is 2.45. The molecule has 3 nitrogen and oxygen atoms in total. The second kappa shape index (κ2) is 5.68. The van der Waals surface area contributed by atoms with Crippen LogP contribution in [0.15, 0.2) is 0 Å². The van der Waals surface area contributed by atoms with E-state index in [4.69, 9.17) is 10.5 Å². The maximum Gasteiger partial charge on any atom is 0.0540 e. The second-order valence-corrected chi connectivity index (χ2v) is 5.87. The number of ether oxygens (including phenoxy) is 1. The van der Waals surface area contributed by atoms with Crippen LogP contribution in [0.4, 0.5) is 0 Å². The van der Waals surface area contributed by atoms with Gasteiger partial charge in [0.15, 0.2) is 0 Å². The lowest BCUT2D eigenvalue weighted by molar-refractivity contribution is -0.0436. The predicted octanol–water partition coefficient (Wildman–Crippen LogP) is 2.07. The first-order chi connectivity index (χ1) is 8.19. The van der Waals surface area contributed by atoms with Crippen molar-refractivity contribution in [3.63, 3.8) is 0 Å². The molecule has 0 aromatic carbocycles. The summed E-state index contributed by atoms with van der Waals surface area (Å²) in [5, 5.41) is 9.73. The summed E-state index contributed by atoms with van der Waals surface area (Å²) < 4.78 is 5.48. The highest BCUT2D eigenvalue weighted by atomic mass is 16.5. The van der Waals surface area contributed by atoms with Gasteiger partial charge in [-0.25, -0.2) is 0 Å². The van der Waals surface area contributed by atoms with Gasteiger partial charge >= 0.3 is 0 Å². The average molecular weight is 241 g/mol. The zero-order valence-electron chi connectivity index (χ0n) is 11.0. The largest absolute Gasteiger partial charge is 0.393 e. The van der Waals surface area contributed by atoms with Crippen LogP contribution in [0, 0.1) is 11.3 Å². The average Bonchev–Trinajstić information content (AvgIpc) is 2.40. The Balaban J connectivity index is 2.11. The molecule has 1 saturated heterocycles. The maximum absolute atomic E-state index is 9.73. The lowest BCUT2D eigenvalue weighted by Crippen LogP contribution is -2.50. The topological polar surface area (TPSA) is 55.5 Å². The Morgan fingerprint density at radius 3 is 2.35 bits per heavy atom. The van der Waals surface area contributed by atoms with Gasteiger partial charge in [-0.15, -0.1) is 0 Å². The molecule has 0 aromatic heterocycles. The van der Waals surface area contributed by atoms with Crippen molar-refractivity contribution < 1.29 is 9.84 Å². The van der Waals surface area contributed by atoms with Crippen molar-refractivity contribution in [1.82, 2.24) is 0 Å². The van der Waals surface area contributed by atoms with Crippen molar-refractivity contribution in [1.29, 1.82) is 0 Å². The maximum atomic E-state index is 9.73. The lowest BCUT2D eigenvalue weighted by atomic mass is 9.59.